The Morgan fingerprint density at radius 1 is 1.03 bits per heavy atom. The first-order chi connectivity index (χ1) is 16.8. The number of benzene rings is 2. The summed E-state index contributed by atoms with van der Waals surface area (Å²) in [5, 5.41) is 2.65. The number of rotatable bonds is 8. The Bertz CT molecular complexity index is 1520. The molecule has 10 heteroatoms. The molecule has 1 amide bonds. The van der Waals surface area contributed by atoms with Crippen LogP contribution in [0.15, 0.2) is 93.2 Å². The number of aromatic nitrogens is 2. The number of anilines is 1. The fourth-order valence-corrected chi connectivity index (χ4v) is 4.46. The quantitative estimate of drug-likeness (QED) is 0.367. The Morgan fingerprint density at radius 3 is 2.40 bits per heavy atom. The second-order valence-corrected chi connectivity index (χ2v) is 9.50. The highest BCUT2D eigenvalue weighted by molar-refractivity contribution is 7.89. The molecule has 4 rings (SSSR count). The van der Waals surface area contributed by atoms with Crippen molar-refractivity contribution in [2.45, 2.75) is 18.4 Å². The van der Waals surface area contributed by atoms with Crippen LogP contribution in [0.3, 0.4) is 0 Å². The van der Waals surface area contributed by atoms with Crippen molar-refractivity contribution in [3.63, 3.8) is 0 Å². The third-order valence-corrected chi connectivity index (χ3v) is 6.85. The lowest BCUT2D eigenvalue weighted by atomic mass is 10.2. The maximum atomic E-state index is 12.9. The standard InChI is InChI=1S/C25H24N4O5S/c1-18-24(25(31)29(28(18)2)20-7-4-3-5-8-20)27-23(30)15-12-19-10-13-22(14-11-19)35(32,33)26-17-21-9-6-16-34-21/h3-16,26H,17H2,1-2H3,(H,27,30)/b15-12+. The number of para-hydroxylation sites is 1. The molecule has 2 aromatic heterocycles. The number of carbonyl (C=O) groups is 1. The molecule has 0 fully saturated rings. The van der Waals surface area contributed by atoms with Gasteiger partial charge >= 0.3 is 0 Å². The lowest BCUT2D eigenvalue weighted by Gasteiger charge is -2.07. The van der Waals surface area contributed by atoms with Crippen molar-refractivity contribution in [2.75, 3.05) is 5.32 Å². The van der Waals surface area contributed by atoms with Gasteiger partial charge in [-0.3, -0.25) is 14.3 Å². The minimum atomic E-state index is -3.71. The van der Waals surface area contributed by atoms with E-state index in [-0.39, 0.29) is 22.7 Å². The van der Waals surface area contributed by atoms with Crippen LogP contribution < -0.4 is 15.6 Å². The molecule has 0 bridgehead atoms. The highest BCUT2D eigenvalue weighted by Gasteiger charge is 2.17. The molecule has 0 aliphatic rings. The molecule has 180 valence electrons. The zero-order valence-corrected chi connectivity index (χ0v) is 20.0. The van der Waals surface area contributed by atoms with Gasteiger partial charge < -0.3 is 9.73 Å². The lowest BCUT2D eigenvalue weighted by molar-refractivity contribution is -0.111. The Kier molecular flexibility index (Phi) is 6.85. The molecule has 0 unspecified atom stereocenters. The first-order valence-electron chi connectivity index (χ1n) is 10.7. The van der Waals surface area contributed by atoms with Gasteiger partial charge in [-0.2, -0.15) is 0 Å². The third kappa shape index (κ3) is 5.34. The fraction of sp³-hybridized carbons (Fsp3) is 0.120. The zero-order chi connectivity index (χ0) is 25.0. The van der Waals surface area contributed by atoms with Crippen LogP contribution in [0.4, 0.5) is 5.69 Å². The van der Waals surface area contributed by atoms with Crippen LogP contribution in [-0.2, 0) is 28.4 Å². The molecular formula is C25H24N4O5S. The van der Waals surface area contributed by atoms with E-state index < -0.39 is 15.9 Å². The van der Waals surface area contributed by atoms with Gasteiger partial charge in [-0.15, -0.1) is 0 Å². The molecule has 2 N–H and O–H groups in total. The van der Waals surface area contributed by atoms with Gasteiger partial charge in [-0.25, -0.2) is 17.8 Å². The molecule has 2 heterocycles. The lowest BCUT2D eigenvalue weighted by Crippen LogP contribution is -2.22. The molecule has 4 aromatic rings. The van der Waals surface area contributed by atoms with Crippen molar-refractivity contribution >= 4 is 27.7 Å². The summed E-state index contributed by atoms with van der Waals surface area (Å²) in [6, 6.07) is 18.6. The molecule has 0 saturated carbocycles. The summed E-state index contributed by atoms with van der Waals surface area (Å²) >= 11 is 0. The molecule has 0 saturated heterocycles. The van der Waals surface area contributed by atoms with Crippen LogP contribution in [0.5, 0.6) is 0 Å². The highest BCUT2D eigenvalue weighted by atomic mass is 32.2. The van der Waals surface area contributed by atoms with E-state index in [0.717, 1.165) is 0 Å². The molecule has 2 aromatic carbocycles. The molecule has 0 aliphatic carbocycles. The van der Waals surface area contributed by atoms with Gasteiger partial charge in [0.1, 0.15) is 11.4 Å². The van der Waals surface area contributed by atoms with Crippen LogP contribution in [-0.4, -0.2) is 23.7 Å². The molecule has 0 spiro atoms. The van der Waals surface area contributed by atoms with E-state index in [2.05, 4.69) is 10.0 Å². The van der Waals surface area contributed by atoms with Crippen LogP contribution in [0.1, 0.15) is 17.0 Å². The van der Waals surface area contributed by atoms with Gasteiger partial charge in [-0.1, -0.05) is 30.3 Å². The minimum Gasteiger partial charge on any atom is -0.468 e. The maximum Gasteiger partial charge on any atom is 0.295 e. The van der Waals surface area contributed by atoms with E-state index in [1.807, 2.05) is 30.3 Å². The Balaban J connectivity index is 1.44. The van der Waals surface area contributed by atoms with E-state index in [0.29, 0.717) is 22.7 Å². The number of amides is 1. The predicted molar refractivity (Wildman–Crippen MR) is 133 cm³/mol. The Hall–Kier alpha value is -4.15. The SMILES string of the molecule is Cc1c(NC(=O)/C=C/c2ccc(S(=O)(=O)NCc3ccco3)cc2)c(=O)n(-c2ccccc2)n1C. The summed E-state index contributed by atoms with van der Waals surface area (Å²) in [5.41, 5.74) is 1.77. The topological polar surface area (TPSA) is 115 Å². The Morgan fingerprint density at radius 2 is 1.74 bits per heavy atom. The number of nitrogens with one attached hydrogen (secondary N) is 2. The van der Waals surface area contributed by atoms with Crippen molar-refractivity contribution in [1.82, 2.24) is 14.1 Å². The second-order valence-electron chi connectivity index (χ2n) is 7.73. The average molecular weight is 493 g/mol. The molecule has 0 radical (unpaired) electrons. The summed E-state index contributed by atoms with van der Waals surface area (Å²) in [5.74, 6) is 0.0242. The van der Waals surface area contributed by atoms with Crippen molar-refractivity contribution < 1.29 is 17.6 Å². The number of hydrogen-bond acceptors (Lipinski definition) is 5. The summed E-state index contributed by atoms with van der Waals surface area (Å²) < 4.78 is 35.6. The molecule has 35 heavy (non-hydrogen) atoms. The second kappa shape index (κ2) is 10.00. The monoisotopic (exact) mass is 492 g/mol. The van der Waals surface area contributed by atoms with Gasteiger partial charge in [0.15, 0.2) is 0 Å². The van der Waals surface area contributed by atoms with Crippen LogP contribution in [0.2, 0.25) is 0 Å². The average Bonchev–Trinajstić information content (AvgIpc) is 3.45. The first-order valence-corrected chi connectivity index (χ1v) is 12.2. The molecular weight excluding hydrogens is 468 g/mol. The molecule has 0 aliphatic heterocycles. The number of sulfonamides is 1. The van der Waals surface area contributed by atoms with Crippen LogP contribution in [0.25, 0.3) is 11.8 Å². The maximum absolute atomic E-state index is 12.9. The fourth-order valence-electron chi connectivity index (χ4n) is 3.47. The van der Waals surface area contributed by atoms with E-state index in [1.54, 1.807) is 42.9 Å². The van der Waals surface area contributed by atoms with E-state index in [4.69, 9.17) is 4.42 Å². The van der Waals surface area contributed by atoms with Gasteiger partial charge in [-0.05, 0) is 55.0 Å². The van der Waals surface area contributed by atoms with Gasteiger partial charge in [0, 0.05) is 13.1 Å². The largest absolute Gasteiger partial charge is 0.468 e. The van der Waals surface area contributed by atoms with Crippen molar-refractivity contribution in [2.24, 2.45) is 7.05 Å². The third-order valence-electron chi connectivity index (χ3n) is 5.44. The zero-order valence-electron chi connectivity index (χ0n) is 19.1. The summed E-state index contributed by atoms with van der Waals surface area (Å²) in [7, 11) is -1.97. The summed E-state index contributed by atoms with van der Waals surface area (Å²) in [4.78, 5) is 25.5. The number of hydrogen-bond donors (Lipinski definition) is 2. The molecule has 9 nitrogen and oxygen atoms in total. The van der Waals surface area contributed by atoms with E-state index in [9.17, 15) is 18.0 Å². The summed E-state index contributed by atoms with van der Waals surface area (Å²) in [6.07, 6.45) is 4.30. The van der Waals surface area contributed by atoms with Crippen molar-refractivity contribution in [1.29, 1.82) is 0 Å². The Labute approximate surface area is 202 Å². The van der Waals surface area contributed by atoms with Crippen LogP contribution in [0, 0.1) is 6.92 Å². The number of nitrogens with zero attached hydrogens (tertiary/aromatic N) is 2. The summed E-state index contributed by atoms with van der Waals surface area (Å²) in [6.45, 7) is 1.79. The van der Waals surface area contributed by atoms with E-state index in [1.165, 1.54) is 35.2 Å². The molecule has 0 atom stereocenters. The van der Waals surface area contributed by atoms with E-state index >= 15 is 0 Å². The number of furan rings is 1. The smallest absolute Gasteiger partial charge is 0.295 e. The highest BCUT2D eigenvalue weighted by Crippen LogP contribution is 2.15. The van der Waals surface area contributed by atoms with Gasteiger partial charge in [0.2, 0.25) is 15.9 Å². The van der Waals surface area contributed by atoms with Crippen molar-refractivity contribution in [3.05, 3.63) is 106 Å². The van der Waals surface area contributed by atoms with Gasteiger partial charge in [0.05, 0.1) is 29.1 Å². The van der Waals surface area contributed by atoms with Crippen LogP contribution >= 0.6 is 0 Å². The van der Waals surface area contributed by atoms with Crippen molar-refractivity contribution in [3.8, 4) is 5.69 Å². The minimum absolute atomic E-state index is 0.0437. The number of carbonyl (C=O) groups excluding carboxylic acids is 1. The normalized spacial score (nSPS) is 11.7. The predicted octanol–water partition coefficient (Wildman–Crippen LogP) is 3.21. The van der Waals surface area contributed by atoms with Gasteiger partial charge in [0.25, 0.3) is 5.56 Å². The first kappa shape index (κ1) is 24.0.